The van der Waals surface area contributed by atoms with Gasteiger partial charge in [0.2, 0.25) is 5.91 Å². The van der Waals surface area contributed by atoms with Crippen molar-refractivity contribution in [1.82, 2.24) is 5.32 Å². The Balaban J connectivity index is 2.45. The lowest BCUT2D eigenvalue weighted by atomic mass is 10.0. The number of ketones is 1. The molecular weight excluding hydrogens is 378 g/mol. The van der Waals surface area contributed by atoms with Gasteiger partial charge < -0.3 is 15.5 Å². The van der Waals surface area contributed by atoms with Crippen LogP contribution in [0.5, 0.6) is 0 Å². The SMILES string of the molecule is CC(=O)NC(CSCC1=C(CCCCCCCC(C)O)CC(C)C1=O)C(=O)O. The average molecular weight is 414 g/mol. The lowest BCUT2D eigenvalue weighted by molar-refractivity contribution is -0.140. The van der Waals surface area contributed by atoms with Gasteiger partial charge in [-0.25, -0.2) is 4.79 Å². The van der Waals surface area contributed by atoms with E-state index in [9.17, 15) is 24.6 Å². The molecule has 6 nitrogen and oxygen atoms in total. The van der Waals surface area contributed by atoms with E-state index in [0.29, 0.717) is 5.75 Å². The highest BCUT2D eigenvalue weighted by Gasteiger charge is 2.29. The zero-order valence-corrected chi connectivity index (χ0v) is 18.1. The highest BCUT2D eigenvalue weighted by molar-refractivity contribution is 7.99. The molecule has 0 radical (unpaired) electrons. The number of hydrogen-bond donors (Lipinski definition) is 3. The lowest BCUT2D eigenvalue weighted by Crippen LogP contribution is -2.41. The maximum absolute atomic E-state index is 12.5. The standard InChI is InChI=1S/C21H35NO5S/c1-14-11-17(10-8-6-4-5-7-9-15(2)23)18(20(14)25)12-28-13-19(21(26)27)22-16(3)24/h14-15,19,23H,4-13H2,1-3H3,(H,22,24)(H,26,27). The third-order valence-electron chi connectivity index (χ3n) is 5.03. The first-order chi connectivity index (χ1) is 13.2. The Labute approximate surface area is 172 Å². The van der Waals surface area contributed by atoms with Crippen molar-refractivity contribution in [2.45, 2.75) is 84.3 Å². The second-order valence-corrected chi connectivity index (χ2v) is 8.84. The van der Waals surface area contributed by atoms with Gasteiger partial charge in [0.1, 0.15) is 6.04 Å². The Morgan fingerprint density at radius 2 is 1.86 bits per heavy atom. The molecule has 1 rings (SSSR count). The number of Topliss-reactive ketones (excluding diaryl/α,β-unsaturated/α-hetero) is 1. The van der Waals surface area contributed by atoms with Crippen molar-refractivity contribution >= 4 is 29.4 Å². The Bertz CT molecular complexity index is 573. The van der Waals surface area contributed by atoms with Crippen molar-refractivity contribution in [3.05, 3.63) is 11.1 Å². The summed E-state index contributed by atoms with van der Waals surface area (Å²) in [5, 5.41) is 20.9. The topological polar surface area (TPSA) is 104 Å². The monoisotopic (exact) mass is 413 g/mol. The maximum atomic E-state index is 12.5. The molecule has 0 aromatic rings. The van der Waals surface area contributed by atoms with E-state index in [1.54, 1.807) is 0 Å². The number of nitrogens with one attached hydrogen (secondary N) is 1. The molecule has 1 aliphatic carbocycles. The van der Waals surface area contributed by atoms with E-state index in [4.69, 9.17) is 0 Å². The second-order valence-electron chi connectivity index (χ2n) is 7.81. The van der Waals surface area contributed by atoms with Crippen LogP contribution >= 0.6 is 11.8 Å². The molecule has 0 aromatic heterocycles. The third-order valence-corrected chi connectivity index (χ3v) is 6.09. The summed E-state index contributed by atoms with van der Waals surface area (Å²) in [6, 6.07) is -0.929. The van der Waals surface area contributed by atoms with Crippen molar-refractivity contribution in [2.24, 2.45) is 5.92 Å². The molecule has 160 valence electrons. The number of aliphatic hydroxyl groups excluding tert-OH is 1. The van der Waals surface area contributed by atoms with Crippen LogP contribution in [-0.2, 0) is 14.4 Å². The summed E-state index contributed by atoms with van der Waals surface area (Å²) in [5.74, 6) is -0.467. The fraction of sp³-hybridized carbons (Fsp3) is 0.762. The molecule has 0 aliphatic heterocycles. The molecule has 0 bridgehead atoms. The Morgan fingerprint density at radius 1 is 1.21 bits per heavy atom. The van der Waals surface area contributed by atoms with Crippen molar-refractivity contribution in [3.63, 3.8) is 0 Å². The zero-order chi connectivity index (χ0) is 21.1. The Kier molecular flexibility index (Phi) is 11.5. The number of rotatable bonds is 14. The van der Waals surface area contributed by atoms with E-state index in [1.807, 2.05) is 13.8 Å². The summed E-state index contributed by atoms with van der Waals surface area (Å²) in [6.45, 7) is 5.07. The summed E-state index contributed by atoms with van der Waals surface area (Å²) >= 11 is 1.39. The number of hydrogen-bond acceptors (Lipinski definition) is 5. The van der Waals surface area contributed by atoms with Gasteiger partial charge in [0.25, 0.3) is 0 Å². The zero-order valence-electron chi connectivity index (χ0n) is 17.3. The van der Waals surface area contributed by atoms with Crippen molar-refractivity contribution in [1.29, 1.82) is 0 Å². The van der Waals surface area contributed by atoms with Gasteiger partial charge in [-0.2, -0.15) is 11.8 Å². The molecule has 0 heterocycles. The lowest BCUT2D eigenvalue weighted by Gasteiger charge is -2.13. The highest BCUT2D eigenvalue weighted by Crippen LogP contribution is 2.33. The van der Waals surface area contributed by atoms with Crippen molar-refractivity contribution in [2.75, 3.05) is 11.5 Å². The van der Waals surface area contributed by atoms with Crippen LogP contribution in [0.15, 0.2) is 11.1 Å². The number of aliphatic hydroxyl groups is 1. The van der Waals surface area contributed by atoms with Crippen LogP contribution in [0, 0.1) is 5.92 Å². The quantitative estimate of drug-likeness (QED) is 0.377. The van der Waals surface area contributed by atoms with Crippen LogP contribution in [0.25, 0.3) is 0 Å². The van der Waals surface area contributed by atoms with Crippen LogP contribution in [0.4, 0.5) is 0 Å². The van der Waals surface area contributed by atoms with E-state index in [0.717, 1.165) is 56.9 Å². The second kappa shape index (κ2) is 13.0. The van der Waals surface area contributed by atoms with Crippen LogP contribution in [-0.4, -0.2) is 51.5 Å². The Morgan fingerprint density at radius 3 is 2.46 bits per heavy atom. The largest absolute Gasteiger partial charge is 0.480 e. The number of thioether (sulfide) groups is 1. The molecule has 0 saturated heterocycles. The summed E-state index contributed by atoms with van der Waals surface area (Å²) < 4.78 is 0. The minimum absolute atomic E-state index is 0.0160. The maximum Gasteiger partial charge on any atom is 0.327 e. The first-order valence-electron chi connectivity index (χ1n) is 10.2. The number of aliphatic carboxylic acids is 1. The third kappa shape index (κ3) is 9.24. The highest BCUT2D eigenvalue weighted by atomic mass is 32.2. The molecule has 0 fully saturated rings. The molecule has 3 atom stereocenters. The van der Waals surface area contributed by atoms with E-state index in [1.165, 1.54) is 24.3 Å². The van der Waals surface area contributed by atoms with Crippen LogP contribution in [0.2, 0.25) is 0 Å². The predicted octanol–water partition coefficient (Wildman–Crippen LogP) is 3.33. The van der Waals surface area contributed by atoms with E-state index >= 15 is 0 Å². The minimum Gasteiger partial charge on any atom is -0.480 e. The van der Waals surface area contributed by atoms with Gasteiger partial charge in [-0.15, -0.1) is 0 Å². The summed E-state index contributed by atoms with van der Waals surface area (Å²) in [5.41, 5.74) is 2.08. The van der Waals surface area contributed by atoms with Gasteiger partial charge in [0.05, 0.1) is 6.10 Å². The van der Waals surface area contributed by atoms with Gasteiger partial charge in [0.15, 0.2) is 5.78 Å². The van der Waals surface area contributed by atoms with Gasteiger partial charge in [0, 0.05) is 29.9 Å². The van der Waals surface area contributed by atoms with Crippen molar-refractivity contribution in [3.8, 4) is 0 Å². The number of carbonyl (C=O) groups is 3. The summed E-state index contributed by atoms with van der Waals surface area (Å²) in [4.78, 5) is 34.8. The number of unbranched alkanes of at least 4 members (excludes halogenated alkanes) is 4. The molecule has 28 heavy (non-hydrogen) atoms. The number of amides is 1. The normalized spacial score (nSPS) is 19.0. The fourth-order valence-corrected chi connectivity index (χ4v) is 4.62. The fourth-order valence-electron chi connectivity index (χ4n) is 3.49. The van der Waals surface area contributed by atoms with Gasteiger partial charge in [-0.3, -0.25) is 9.59 Å². The van der Waals surface area contributed by atoms with Gasteiger partial charge >= 0.3 is 5.97 Å². The number of carbonyl (C=O) groups excluding carboxylic acids is 2. The molecule has 0 aromatic carbocycles. The van der Waals surface area contributed by atoms with Crippen LogP contribution in [0.3, 0.4) is 0 Å². The number of allylic oxidation sites excluding steroid dienone is 1. The first kappa shape index (κ1) is 24.7. The number of carboxylic acid groups (broad SMARTS) is 1. The van der Waals surface area contributed by atoms with Crippen LogP contribution < -0.4 is 5.32 Å². The predicted molar refractivity (Wildman–Crippen MR) is 112 cm³/mol. The molecular formula is C21H35NO5S. The van der Waals surface area contributed by atoms with Gasteiger partial charge in [-0.1, -0.05) is 38.2 Å². The average Bonchev–Trinajstić information content (AvgIpc) is 2.87. The molecule has 0 spiro atoms. The minimum atomic E-state index is -1.06. The van der Waals surface area contributed by atoms with Gasteiger partial charge in [-0.05, 0) is 32.6 Å². The van der Waals surface area contributed by atoms with E-state index in [-0.39, 0.29) is 29.5 Å². The van der Waals surface area contributed by atoms with E-state index in [2.05, 4.69) is 5.32 Å². The van der Waals surface area contributed by atoms with E-state index < -0.39 is 12.0 Å². The molecule has 0 saturated carbocycles. The molecule has 1 amide bonds. The molecule has 7 heteroatoms. The summed E-state index contributed by atoms with van der Waals surface area (Å²) in [7, 11) is 0. The number of carboxylic acids is 1. The van der Waals surface area contributed by atoms with Crippen molar-refractivity contribution < 1.29 is 24.6 Å². The molecule has 1 aliphatic rings. The first-order valence-corrected chi connectivity index (χ1v) is 11.4. The summed E-state index contributed by atoms with van der Waals surface area (Å²) in [6.07, 6.45) is 7.87. The van der Waals surface area contributed by atoms with Crippen LogP contribution in [0.1, 0.15) is 72.1 Å². The molecule has 3 unspecified atom stereocenters. The molecule has 3 N–H and O–H groups in total. The Hall–Kier alpha value is -1.34. The smallest absolute Gasteiger partial charge is 0.327 e.